The molecule has 1 aliphatic rings. The van der Waals surface area contributed by atoms with Crippen molar-refractivity contribution in [1.82, 2.24) is 4.31 Å². The molecule has 0 spiro atoms. The second kappa shape index (κ2) is 9.37. The summed E-state index contributed by atoms with van der Waals surface area (Å²) in [6.45, 7) is 4.61. The Morgan fingerprint density at radius 3 is 2.33 bits per heavy atom. The Hall–Kier alpha value is -2.09. The van der Waals surface area contributed by atoms with Crippen molar-refractivity contribution in [3.8, 4) is 5.75 Å². The molecule has 1 N–H and O–H groups in total. The summed E-state index contributed by atoms with van der Waals surface area (Å²) in [4.78, 5) is 12.7. The average molecular weight is 451 g/mol. The van der Waals surface area contributed by atoms with E-state index in [1.54, 1.807) is 36.4 Å². The van der Waals surface area contributed by atoms with Gasteiger partial charge in [-0.25, -0.2) is 8.42 Å². The first kappa shape index (κ1) is 22.6. The summed E-state index contributed by atoms with van der Waals surface area (Å²) in [6, 6.07) is 12.2. The zero-order valence-corrected chi connectivity index (χ0v) is 19.0. The highest BCUT2D eigenvalue weighted by Crippen LogP contribution is 2.32. The van der Waals surface area contributed by atoms with Gasteiger partial charge >= 0.3 is 0 Å². The van der Waals surface area contributed by atoms with Crippen LogP contribution in [0.25, 0.3) is 0 Å². The fourth-order valence-electron chi connectivity index (χ4n) is 3.53. The van der Waals surface area contributed by atoms with Crippen LogP contribution in [0.15, 0.2) is 47.4 Å². The van der Waals surface area contributed by atoms with E-state index in [2.05, 4.69) is 5.32 Å². The lowest BCUT2D eigenvalue weighted by Gasteiger charge is -2.31. The van der Waals surface area contributed by atoms with E-state index in [4.69, 9.17) is 16.3 Å². The van der Waals surface area contributed by atoms with Gasteiger partial charge in [0.15, 0.2) is 0 Å². The third-order valence-electron chi connectivity index (χ3n) is 5.41. The van der Waals surface area contributed by atoms with Gasteiger partial charge in [0.05, 0.1) is 7.11 Å². The number of hydrogen-bond acceptors (Lipinski definition) is 4. The van der Waals surface area contributed by atoms with Crippen molar-refractivity contribution in [2.24, 2.45) is 5.92 Å². The van der Waals surface area contributed by atoms with Crippen LogP contribution in [0.1, 0.15) is 38.2 Å². The molecule has 0 radical (unpaired) electrons. The lowest BCUT2D eigenvalue weighted by atomic mass is 9.97. The second-order valence-electron chi connectivity index (χ2n) is 7.74. The maximum Gasteiger partial charge on any atom is 0.246 e. The molecular weight excluding hydrogens is 424 g/mol. The fourth-order valence-corrected chi connectivity index (χ4v) is 5.32. The molecule has 1 fully saturated rings. The predicted molar refractivity (Wildman–Crippen MR) is 119 cm³/mol. The van der Waals surface area contributed by atoms with Crippen LogP contribution in [0.3, 0.4) is 0 Å². The van der Waals surface area contributed by atoms with E-state index < -0.39 is 10.0 Å². The third-order valence-corrected chi connectivity index (χ3v) is 7.58. The van der Waals surface area contributed by atoms with Gasteiger partial charge < -0.3 is 10.1 Å². The van der Waals surface area contributed by atoms with Gasteiger partial charge in [-0.15, -0.1) is 0 Å². The zero-order valence-electron chi connectivity index (χ0n) is 17.4. The summed E-state index contributed by atoms with van der Waals surface area (Å²) in [5.74, 6) is 0.193. The maximum atomic E-state index is 13.3. The standard InChI is InChI=1S/C22H27ClN2O4S/c1-15(2)17-4-9-20(29-3)21(14-17)30(27,28)25-12-10-16(11-13-25)22(26)24-19-7-5-18(23)6-8-19/h4-9,14-16H,10-13H2,1-3H3,(H,24,26). The Labute approximate surface area is 183 Å². The van der Waals surface area contributed by atoms with Crippen LogP contribution in [0.5, 0.6) is 5.75 Å². The number of ether oxygens (including phenoxy) is 1. The SMILES string of the molecule is COc1ccc(C(C)C)cc1S(=O)(=O)N1CCC(C(=O)Nc2ccc(Cl)cc2)CC1. The van der Waals surface area contributed by atoms with Crippen molar-refractivity contribution >= 4 is 33.2 Å². The normalized spacial score (nSPS) is 15.9. The van der Waals surface area contributed by atoms with Gasteiger partial charge in [0, 0.05) is 29.7 Å². The molecule has 1 saturated heterocycles. The van der Waals surface area contributed by atoms with Gasteiger partial charge in [0.25, 0.3) is 0 Å². The third kappa shape index (κ3) is 4.96. The number of halogens is 1. The van der Waals surface area contributed by atoms with Crippen molar-refractivity contribution in [1.29, 1.82) is 0 Å². The molecule has 3 rings (SSSR count). The van der Waals surface area contributed by atoms with Gasteiger partial charge in [-0.05, 0) is 60.7 Å². The van der Waals surface area contributed by atoms with E-state index in [1.807, 2.05) is 19.9 Å². The number of piperidine rings is 1. The number of nitrogens with zero attached hydrogens (tertiary/aromatic N) is 1. The van der Waals surface area contributed by atoms with Gasteiger partial charge in [0.1, 0.15) is 10.6 Å². The minimum absolute atomic E-state index is 0.103. The van der Waals surface area contributed by atoms with Crippen LogP contribution >= 0.6 is 11.6 Å². The lowest BCUT2D eigenvalue weighted by molar-refractivity contribution is -0.120. The summed E-state index contributed by atoms with van der Waals surface area (Å²) in [5, 5.41) is 3.48. The molecular formula is C22H27ClN2O4S. The molecule has 0 atom stereocenters. The van der Waals surface area contributed by atoms with Gasteiger partial charge in [-0.1, -0.05) is 31.5 Å². The molecule has 0 aliphatic carbocycles. The van der Waals surface area contributed by atoms with Crippen molar-refractivity contribution in [2.75, 3.05) is 25.5 Å². The first-order chi connectivity index (χ1) is 14.2. The second-order valence-corrected chi connectivity index (χ2v) is 10.1. The molecule has 0 unspecified atom stereocenters. The molecule has 8 heteroatoms. The number of sulfonamides is 1. The highest BCUT2D eigenvalue weighted by atomic mass is 35.5. The first-order valence-electron chi connectivity index (χ1n) is 9.97. The number of rotatable bonds is 6. The Bertz CT molecular complexity index is 998. The number of methoxy groups -OCH3 is 1. The Morgan fingerprint density at radius 1 is 1.13 bits per heavy atom. The molecule has 2 aromatic rings. The summed E-state index contributed by atoms with van der Waals surface area (Å²) >= 11 is 5.87. The Kier molecular flexibility index (Phi) is 7.06. The number of benzene rings is 2. The molecule has 1 amide bonds. The molecule has 6 nitrogen and oxygen atoms in total. The molecule has 162 valence electrons. The van der Waals surface area contributed by atoms with Crippen LogP contribution < -0.4 is 10.1 Å². The van der Waals surface area contributed by atoms with E-state index in [9.17, 15) is 13.2 Å². The summed E-state index contributed by atoms with van der Waals surface area (Å²) < 4.78 is 33.3. The number of carbonyl (C=O) groups excluding carboxylic acids is 1. The molecule has 0 saturated carbocycles. The molecule has 1 heterocycles. The summed E-state index contributed by atoms with van der Waals surface area (Å²) in [7, 11) is -2.24. The van der Waals surface area contributed by atoms with Crippen LogP contribution in [-0.4, -0.2) is 38.8 Å². The van der Waals surface area contributed by atoms with E-state index in [1.165, 1.54) is 11.4 Å². The van der Waals surface area contributed by atoms with Gasteiger partial charge in [0.2, 0.25) is 15.9 Å². The Balaban J connectivity index is 1.70. The number of carbonyl (C=O) groups is 1. The van der Waals surface area contributed by atoms with Gasteiger partial charge in [-0.2, -0.15) is 4.31 Å². The van der Waals surface area contributed by atoms with E-state index in [0.29, 0.717) is 29.3 Å². The molecule has 0 bridgehead atoms. The van der Waals surface area contributed by atoms with Crippen molar-refractivity contribution in [2.45, 2.75) is 37.5 Å². The predicted octanol–water partition coefficient (Wildman–Crippen LogP) is 4.51. The van der Waals surface area contributed by atoms with E-state index >= 15 is 0 Å². The monoisotopic (exact) mass is 450 g/mol. The van der Waals surface area contributed by atoms with Crippen LogP contribution in [-0.2, 0) is 14.8 Å². The minimum atomic E-state index is -3.71. The smallest absolute Gasteiger partial charge is 0.246 e. The number of hydrogen-bond donors (Lipinski definition) is 1. The van der Waals surface area contributed by atoms with Crippen LogP contribution in [0.4, 0.5) is 5.69 Å². The summed E-state index contributed by atoms with van der Waals surface area (Å²) in [6.07, 6.45) is 0.926. The number of nitrogens with one attached hydrogen (secondary N) is 1. The number of amides is 1. The van der Waals surface area contributed by atoms with Crippen molar-refractivity contribution in [3.63, 3.8) is 0 Å². The van der Waals surface area contributed by atoms with Crippen molar-refractivity contribution < 1.29 is 17.9 Å². The molecule has 0 aromatic heterocycles. The highest BCUT2D eigenvalue weighted by molar-refractivity contribution is 7.89. The minimum Gasteiger partial charge on any atom is -0.495 e. The average Bonchev–Trinajstić information content (AvgIpc) is 2.74. The Morgan fingerprint density at radius 2 is 1.77 bits per heavy atom. The van der Waals surface area contributed by atoms with Crippen molar-refractivity contribution in [3.05, 3.63) is 53.1 Å². The van der Waals surface area contributed by atoms with Crippen LogP contribution in [0.2, 0.25) is 5.02 Å². The van der Waals surface area contributed by atoms with Crippen LogP contribution in [0, 0.1) is 5.92 Å². The highest BCUT2D eigenvalue weighted by Gasteiger charge is 2.34. The van der Waals surface area contributed by atoms with E-state index in [0.717, 1.165) is 5.56 Å². The molecule has 1 aliphatic heterocycles. The largest absolute Gasteiger partial charge is 0.495 e. The lowest BCUT2D eigenvalue weighted by Crippen LogP contribution is -2.41. The molecule has 2 aromatic carbocycles. The van der Waals surface area contributed by atoms with Gasteiger partial charge in [-0.3, -0.25) is 4.79 Å². The topological polar surface area (TPSA) is 75.7 Å². The first-order valence-corrected chi connectivity index (χ1v) is 11.8. The quantitative estimate of drug-likeness (QED) is 0.702. The maximum absolute atomic E-state index is 13.3. The zero-order chi connectivity index (χ0) is 21.9. The summed E-state index contributed by atoms with van der Waals surface area (Å²) in [5.41, 5.74) is 1.61. The number of anilines is 1. The fraction of sp³-hybridized carbons (Fsp3) is 0.409. The van der Waals surface area contributed by atoms with E-state index in [-0.39, 0.29) is 35.7 Å². The molecule has 30 heavy (non-hydrogen) atoms.